The Morgan fingerprint density at radius 2 is 1.54 bits per heavy atom. The first kappa shape index (κ1) is 22.8. The van der Waals surface area contributed by atoms with Crippen LogP contribution in [0.2, 0.25) is 5.02 Å². The summed E-state index contributed by atoms with van der Waals surface area (Å²) in [6, 6.07) is 4.64. The molecule has 0 heterocycles. The van der Waals surface area contributed by atoms with Crippen LogP contribution in [0.5, 0.6) is 0 Å². The number of imide groups is 1. The fraction of sp³-hybridized carbons (Fsp3) is 0.579. The van der Waals surface area contributed by atoms with E-state index in [1.165, 1.54) is 0 Å². The Bertz CT molecular complexity index is 636. The van der Waals surface area contributed by atoms with Gasteiger partial charge in [0.1, 0.15) is 11.2 Å². The Morgan fingerprint density at radius 1 is 1.08 bits per heavy atom. The first-order valence-corrected chi connectivity index (χ1v) is 9.62. The lowest BCUT2D eigenvalue weighted by Gasteiger charge is -2.33. The minimum absolute atomic E-state index is 0.470. The number of ether oxygens (including phenoxy) is 2. The second kappa shape index (κ2) is 8.61. The monoisotopic (exact) mass is 447 g/mol. The number of rotatable bonds is 3. The van der Waals surface area contributed by atoms with Crippen LogP contribution in [0.4, 0.5) is 9.59 Å². The molecule has 0 saturated heterocycles. The maximum absolute atomic E-state index is 12.8. The van der Waals surface area contributed by atoms with E-state index in [1.807, 2.05) is 6.92 Å². The molecule has 26 heavy (non-hydrogen) atoms. The molecule has 0 spiro atoms. The van der Waals surface area contributed by atoms with Gasteiger partial charge in [-0.15, -0.1) is 0 Å². The van der Waals surface area contributed by atoms with Crippen molar-refractivity contribution in [2.75, 3.05) is 0 Å². The van der Waals surface area contributed by atoms with Gasteiger partial charge >= 0.3 is 12.2 Å². The largest absolute Gasteiger partial charge is 0.443 e. The maximum atomic E-state index is 12.8. The second-order valence-corrected chi connectivity index (χ2v) is 9.21. The fourth-order valence-corrected chi connectivity index (χ4v) is 2.95. The summed E-state index contributed by atoms with van der Waals surface area (Å²) in [5, 5.41) is 0.509. The predicted molar refractivity (Wildman–Crippen MR) is 106 cm³/mol. The van der Waals surface area contributed by atoms with E-state index < -0.39 is 29.4 Å². The number of halogens is 2. The SMILES string of the molecule is CC[C@H](c1cc(Cl)ccc1Br)N(C(=O)OC(C)(C)C)C(=O)OC(C)(C)C. The molecule has 1 rings (SSSR count). The smallest absolute Gasteiger partial charge is 0.420 e. The van der Waals surface area contributed by atoms with Gasteiger partial charge in [-0.2, -0.15) is 0 Å². The molecule has 0 saturated carbocycles. The lowest BCUT2D eigenvalue weighted by atomic mass is 10.0. The maximum Gasteiger partial charge on any atom is 0.420 e. The summed E-state index contributed by atoms with van der Waals surface area (Å²) in [6.07, 6.45) is -1.05. The number of amides is 2. The molecule has 7 heteroatoms. The van der Waals surface area contributed by atoms with Crippen LogP contribution in [-0.4, -0.2) is 28.3 Å². The number of benzene rings is 1. The van der Waals surface area contributed by atoms with Crippen LogP contribution in [0.3, 0.4) is 0 Å². The number of carbonyl (C=O) groups is 2. The first-order chi connectivity index (χ1) is 11.7. The van der Waals surface area contributed by atoms with E-state index in [-0.39, 0.29) is 0 Å². The minimum atomic E-state index is -0.759. The molecule has 0 N–H and O–H groups in total. The van der Waals surface area contributed by atoms with Crippen molar-refractivity contribution >= 4 is 39.7 Å². The Balaban J connectivity index is 3.37. The van der Waals surface area contributed by atoms with Gasteiger partial charge in [0, 0.05) is 9.50 Å². The molecular formula is C19H27BrClNO4. The molecule has 0 aromatic heterocycles. The Morgan fingerprint density at radius 3 is 1.92 bits per heavy atom. The van der Waals surface area contributed by atoms with E-state index in [9.17, 15) is 9.59 Å². The van der Waals surface area contributed by atoms with Gasteiger partial charge < -0.3 is 9.47 Å². The van der Waals surface area contributed by atoms with E-state index in [4.69, 9.17) is 21.1 Å². The molecule has 2 amide bonds. The number of nitrogens with zero attached hydrogens (tertiary/aromatic N) is 1. The molecule has 5 nitrogen and oxygen atoms in total. The molecule has 0 aliphatic heterocycles. The molecule has 0 aliphatic carbocycles. The third kappa shape index (κ3) is 6.80. The first-order valence-electron chi connectivity index (χ1n) is 8.45. The van der Waals surface area contributed by atoms with Crippen LogP contribution < -0.4 is 0 Å². The second-order valence-electron chi connectivity index (χ2n) is 7.92. The summed E-state index contributed by atoms with van der Waals surface area (Å²) < 4.78 is 11.6. The Kier molecular flexibility index (Phi) is 7.54. The highest BCUT2D eigenvalue weighted by Gasteiger charge is 2.37. The quantitative estimate of drug-likeness (QED) is 0.514. The standard InChI is InChI=1S/C19H27BrClNO4/c1-8-15(13-11-12(21)9-10-14(13)20)22(16(23)25-18(2,3)4)17(24)26-19(5,6)7/h9-11,15H,8H2,1-7H3/t15-/m1/s1. The zero-order chi connectivity index (χ0) is 20.3. The zero-order valence-corrected chi connectivity index (χ0v) is 18.7. The average molecular weight is 449 g/mol. The number of hydrogen-bond donors (Lipinski definition) is 0. The van der Waals surface area contributed by atoms with Crippen molar-refractivity contribution in [2.24, 2.45) is 0 Å². The third-order valence-corrected chi connectivity index (χ3v) is 4.15. The van der Waals surface area contributed by atoms with Crippen LogP contribution in [0.15, 0.2) is 22.7 Å². The van der Waals surface area contributed by atoms with Crippen LogP contribution in [0, 0.1) is 0 Å². The molecular weight excluding hydrogens is 422 g/mol. The van der Waals surface area contributed by atoms with Gasteiger partial charge in [-0.05, 0) is 71.7 Å². The van der Waals surface area contributed by atoms with E-state index in [0.717, 1.165) is 9.37 Å². The van der Waals surface area contributed by atoms with Crippen LogP contribution in [0.1, 0.15) is 66.5 Å². The topological polar surface area (TPSA) is 55.8 Å². The van der Waals surface area contributed by atoms with Gasteiger partial charge in [-0.1, -0.05) is 34.5 Å². The number of hydrogen-bond acceptors (Lipinski definition) is 4. The normalized spacial score (nSPS) is 13.1. The van der Waals surface area contributed by atoms with Crippen molar-refractivity contribution in [3.05, 3.63) is 33.3 Å². The minimum Gasteiger partial charge on any atom is -0.443 e. The van der Waals surface area contributed by atoms with E-state index >= 15 is 0 Å². The van der Waals surface area contributed by atoms with Gasteiger partial charge in [0.05, 0.1) is 6.04 Å². The van der Waals surface area contributed by atoms with Crippen molar-refractivity contribution in [3.8, 4) is 0 Å². The summed E-state index contributed by atoms with van der Waals surface area (Å²) in [5.41, 5.74) is -0.792. The van der Waals surface area contributed by atoms with E-state index in [0.29, 0.717) is 17.0 Å². The van der Waals surface area contributed by atoms with Gasteiger partial charge in [0.2, 0.25) is 0 Å². The Hall–Kier alpha value is -1.27. The molecule has 0 radical (unpaired) electrons. The summed E-state index contributed by atoms with van der Waals surface area (Å²) in [6.45, 7) is 12.3. The molecule has 1 aromatic carbocycles. The average Bonchev–Trinajstić information content (AvgIpc) is 2.43. The third-order valence-electron chi connectivity index (χ3n) is 3.20. The summed E-state index contributed by atoms with van der Waals surface area (Å²) >= 11 is 9.59. The molecule has 0 fully saturated rings. The fourth-order valence-electron chi connectivity index (χ4n) is 2.26. The molecule has 1 aromatic rings. The van der Waals surface area contributed by atoms with E-state index in [1.54, 1.807) is 59.7 Å². The van der Waals surface area contributed by atoms with Gasteiger partial charge in [0.15, 0.2) is 0 Å². The molecule has 1 atom stereocenters. The van der Waals surface area contributed by atoms with Crippen molar-refractivity contribution in [1.82, 2.24) is 4.90 Å². The van der Waals surface area contributed by atoms with Crippen LogP contribution in [-0.2, 0) is 9.47 Å². The zero-order valence-electron chi connectivity index (χ0n) is 16.4. The van der Waals surface area contributed by atoms with Gasteiger partial charge in [-0.25, -0.2) is 14.5 Å². The molecule has 0 bridgehead atoms. The Labute approximate surface area is 169 Å². The lowest BCUT2D eigenvalue weighted by Crippen LogP contribution is -2.45. The van der Waals surface area contributed by atoms with Gasteiger partial charge in [-0.3, -0.25) is 0 Å². The van der Waals surface area contributed by atoms with Gasteiger partial charge in [0.25, 0.3) is 0 Å². The predicted octanol–water partition coefficient (Wildman–Crippen LogP) is 6.73. The lowest BCUT2D eigenvalue weighted by molar-refractivity contribution is -0.00811. The highest BCUT2D eigenvalue weighted by Crippen LogP contribution is 2.34. The van der Waals surface area contributed by atoms with Crippen molar-refractivity contribution in [2.45, 2.75) is 72.1 Å². The van der Waals surface area contributed by atoms with Crippen molar-refractivity contribution in [3.63, 3.8) is 0 Å². The summed E-state index contributed by atoms with van der Waals surface area (Å²) in [4.78, 5) is 26.6. The van der Waals surface area contributed by atoms with Crippen molar-refractivity contribution in [1.29, 1.82) is 0 Å². The summed E-state index contributed by atoms with van der Waals surface area (Å²) in [5.74, 6) is 0. The highest BCUT2D eigenvalue weighted by atomic mass is 79.9. The molecule has 0 unspecified atom stereocenters. The molecule has 0 aliphatic rings. The van der Waals surface area contributed by atoms with Crippen LogP contribution in [0.25, 0.3) is 0 Å². The summed E-state index contributed by atoms with van der Waals surface area (Å²) in [7, 11) is 0. The van der Waals surface area contributed by atoms with Crippen LogP contribution >= 0.6 is 27.5 Å². The van der Waals surface area contributed by atoms with E-state index in [2.05, 4.69) is 15.9 Å². The highest BCUT2D eigenvalue weighted by molar-refractivity contribution is 9.10. The number of carbonyl (C=O) groups excluding carboxylic acids is 2. The van der Waals surface area contributed by atoms with Crippen molar-refractivity contribution < 1.29 is 19.1 Å². The molecule has 146 valence electrons.